The van der Waals surface area contributed by atoms with Crippen molar-refractivity contribution in [1.82, 2.24) is 0 Å². The fourth-order valence-electron chi connectivity index (χ4n) is 9.26. The van der Waals surface area contributed by atoms with Crippen molar-refractivity contribution in [2.24, 2.45) is 0 Å². The molecule has 0 amide bonds. The van der Waals surface area contributed by atoms with Crippen LogP contribution in [-0.4, -0.2) is 41.0 Å². The maximum atomic E-state index is 12.5. The van der Waals surface area contributed by atoms with Gasteiger partial charge >= 0.3 is 19.8 Å². The molecule has 1 atom stereocenters. The van der Waals surface area contributed by atoms with Gasteiger partial charge in [0.2, 0.25) is 0 Å². The van der Waals surface area contributed by atoms with Gasteiger partial charge in [0.1, 0.15) is 6.61 Å². The monoisotopic (exact) mass is 957 g/mol. The maximum Gasteiger partial charge on any atom is 0.469 e. The average molecular weight is 957 g/mol. The van der Waals surface area contributed by atoms with Crippen LogP contribution in [0, 0.1) is 0 Å². The predicted molar refractivity (Wildman–Crippen MR) is 281 cm³/mol. The highest BCUT2D eigenvalue weighted by atomic mass is 31.2. The fraction of sp³-hybridized carbons (Fsp3) is 0.965. The van der Waals surface area contributed by atoms with Crippen LogP contribution in [0.4, 0.5) is 0 Å². The van der Waals surface area contributed by atoms with Crippen molar-refractivity contribution in [1.29, 1.82) is 0 Å². The summed E-state index contributed by atoms with van der Waals surface area (Å²) < 4.78 is 26.6. The second-order valence-corrected chi connectivity index (χ2v) is 21.6. The van der Waals surface area contributed by atoms with Gasteiger partial charge in [0.05, 0.1) is 6.61 Å². The first-order chi connectivity index (χ1) is 32.3. The number of rotatable bonds is 56. The van der Waals surface area contributed by atoms with Gasteiger partial charge in [-0.05, 0) is 12.8 Å². The zero-order valence-corrected chi connectivity index (χ0v) is 45.0. The number of phosphoric ester groups is 1. The molecule has 2 N–H and O–H groups in total. The molecule has 0 saturated heterocycles. The highest BCUT2D eigenvalue weighted by Crippen LogP contribution is 2.36. The van der Waals surface area contributed by atoms with Crippen molar-refractivity contribution in [2.75, 3.05) is 13.2 Å². The Labute approximate surface area is 410 Å². The summed E-state index contributed by atoms with van der Waals surface area (Å²) in [5.74, 6) is -0.856. The molecule has 9 heteroatoms. The molecule has 0 aliphatic carbocycles. The second kappa shape index (κ2) is 53.4. The lowest BCUT2D eigenvalue weighted by molar-refractivity contribution is -0.161. The maximum absolute atomic E-state index is 12.5. The van der Waals surface area contributed by atoms with Gasteiger partial charge in [-0.25, -0.2) is 4.57 Å². The Balaban J connectivity index is 3.69. The van der Waals surface area contributed by atoms with E-state index in [1.54, 1.807) is 0 Å². The largest absolute Gasteiger partial charge is 0.469 e. The van der Waals surface area contributed by atoms with Crippen LogP contribution >= 0.6 is 7.82 Å². The molecule has 8 nitrogen and oxygen atoms in total. The standard InChI is InChI=1S/C57H113O8P/c1-3-5-7-9-11-13-15-17-19-21-23-25-27-29-31-33-35-37-39-41-43-45-47-49-51-56(58)63-53-55(54-64-66(60,61)62)65-57(59)52-50-48-46-44-42-40-38-36-34-32-30-28-26-24-22-20-18-16-14-12-10-8-6-4-2/h55H,3-54H2,1-2H3,(H2,60,61,62). The Hall–Kier alpha value is -0.950. The Morgan fingerprint density at radius 2 is 0.545 bits per heavy atom. The molecule has 0 heterocycles. The fourth-order valence-corrected chi connectivity index (χ4v) is 9.62. The van der Waals surface area contributed by atoms with E-state index >= 15 is 0 Å². The van der Waals surface area contributed by atoms with Crippen LogP contribution < -0.4 is 0 Å². The minimum atomic E-state index is -4.76. The molecule has 0 aromatic heterocycles. The van der Waals surface area contributed by atoms with Crippen LogP contribution in [0.5, 0.6) is 0 Å². The Morgan fingerprint density at radius 1 is 0.333 bits per heavy atom. The highest BCUT2D eigenvalue weighted by molar-refractivity contribution is 7.46. The molecule has 0 saturated carbocycles. The molecule has 0 spiro atoms. The summed E-state index contributed by atoms with van der Waals surface area (Å²) >= 11 is 0. The third-order valence-electron chi connectivity index (χ3n) is 13.6. The van der Waals surface area contributed by atoms with Crippen molar-refractivity contribution < 1.29 is 37.9 Å². The predicted octanol–water partition coefficient (Wildman–Crippen LogP) is 19.1. The summed E-state index contributed by atoms with van der Waals surface area (Å²) in [6, 6.07) is 0. The first kappa shape index (κ1) is 65.0. The van der Waals surface area contributed by atoms with Crippen molar-refractivity contribution in [2.45, 2.75) is 341 Å². The van der Waals surface area contributed by atoms with E-state index in [9.17, 15) is 14.2 Å². The number of carbonyl (C=O) groups excluding carboxylic acids is 2. The molecule has 394 valence electrons. The van der Waals surface area contributed by atoms with E-state index in [4.69, 9.17) is 19.3 Å². The number of carbonyl (C=O) groups is 2. The molecule has 66 heavy (non-hydrogen) atoms. The zero-order valence-electron chi connectivity index (χ0n) is 44.1. The van der Waals surface area contributed by atoms with Crippen molar-refractivity contribution in [3.63, 3.8) is 0 Å². The molecular formula is C57H113O8P. The minimum Gasteiger partial charge on any atom is -0.462 e. The summed E-state index contributed by atoms with van der Waals surface area (Å²) in [4.78, 5) is 43.3. The first-order valence-corrected chi connectivity index (χ1v) is 30.9. The van der Waals surface area contributed by atoms with E-state index in [-0.39, 0.29) is 19.4 Å². The molecule has 0 fully saturated rings. The molecule has 0 rings (SSSR count). The van der Waals surface area contributed by atoms with Crippen LogP contribution in [0.1, 0.15) is 335 Å². The first-order valence-electron chi connectivity index (χ1n) is 29.3. The van der Waals surface area contributed by atoms with Crippen LogP contribution in [0.15, 0.2) is 0 Å². The SMILES string of the molecule is CCCCCCCCCCCCCCCCCCCCCCCCCCC(=O)OCC(COP(=O)(O)O)OC(=O)CCCCCCCCCCCCCCCCCCCCCCCCCC. The molecule has 0 aromatic carbocycles. The van der Waals surface area contributed by atoms with Crippen molar-refractivity contribution in [3.8, 4) is 0 Å². The number of esters is 2. The Kier molecular flexibility index (Phi) is 52.6. The average Bonchev–Trinajstić information content (AvgIpc) is 3.29. The molecule has 0 bridgehead atoms. The number of phosphoric acid groups is 1. The summed E-state index contributed by atoms with van der Waals surface area (Å²) in [5.41, 5.74) is 0. The lowest BCUT2D eigenvalue weighted by Crippen LogP contribution is -2.29. The lowest BCUT2D eigenvalue weighted by atomic mass is 10.0. The number of hydrogen-bond donors (Lipinski definition) is 2. The van der Waals surface area contributed by atoms with Gasteiger partial charge in [-0.3, -0.25) is 14.1 Å². The van der Waals surface area contributed by atoms with Gasteiger partial charge in [0.15, 0.2) is 6.10 Å². The van der Waals surface area contributed by atoms with E-state index in [2.05, 4.69) is 18.4 Å². The van der Waals surface area contributed by atoms with Gasteiger partial charge in [-0.15, -0.1) is 0 Å². The van der Waals surface area contributed by atoms with Gasteiger partial charge in [-0.1, -0.05) is 309 Å². The number of ether oxygens (including phenoxy) is 2. The molecule has 0 radical (unpaired) electrons. The molecule has 0 aliphatic rings. The molecule has 0 aliphatic heterocycles. The lowest BCUT2D eigenvalue weighted by Gasteiger charge is -2.18. The van der Waals surface area contributed by atoms with E-state index in [0.29, 0.717) is 6.42 Å². The van der Waals surface area contributed by atoms with E-state index in [1.807, 2.05) is 0 Å². The molecule has 0 aromatic rings. The second-order valence-electron chi connectivity index (χ2n) is 20.3. The normalized spacial score (nSPS) is 12.2. The minimum absolute atomic E-state index is 0.221. The van der Waals surface area contributed by atoms with Crippen molar-refractivity contribution >= 4 is 19.8 Å². The Bertz CT molecular complexity index is 1030. The topological polar surface area (TPSA) is 119 Å². The van der Waals surface area contributed by atoms with Crippen molar-refractivity contribution in [3.05, 3.63) is 0 Å². The third kappa shape index (κ3) is 55.6. The van der Waals surface area contributed by atoms with Crippen LogP contribution in [-0.2, 0) is 28.2 Å². The number of unbranched alkanes of at least 4 members (excludes halogenated alkanes) is 46. The molecular weight excluding hydrogens is 844 g/mol. The van der Waals surface area contributed by atoms with Crippen LogP contribution in [0.3, 0.4) is 0 Å². The van der Waals surface area contributed by atoms with E-state index in [0.717, 1.165) is 32.1 Å². The highest BCUT2D eigenvalue weighted by Gasteiger charge is 2.23. The van der Waals surface area contributed by atoms with Gasteiger partial charge in [0.25, 0.3) is 0 Å². The van der Waals surface area contributed by atoms with Crippen LogP contribution in [0.2, 0.25) is 0 Å². The third-order valence-corrected chi connectivity index (χ3v) is 14.1. The summed E-state index contributed by atoms with van der Waals surface area (Å²) in [6.07, 6.45) is 62.9. The smallest absolute Gasteiger partial charge is 0.462 e. The number of hydrogen-bond acceptors (Lipinski definition) is 6. The van der Waals surface area contributed by atoms with Gasteiger partial charge in [-0.2, -0.15) is 0 Å². The van der Waals surface area contributed by atoms with E-state index < -0.39 is 32.5 Å². The molecule has 1 unspecified atom stereocenters. The summed E-state index contributed by atoms with van der Waals surface area (Å²) in [6.45, 7) is 3.77. The van der Waals surface area contributed by atoms with Crippen LogP contribution in [0.25, 0.3) is 0 Å². The quantitative estimate of drug-likeness (QED) is 0.0351. The Morgan fingerprint density at radius 3 is 0.773 bits per heavy atom. The van der Waals surface area contributed by atoms with Gasteiger partial charge in [0, 0.05) is 12.8 Å². The summed E-state index contributed by atoms with van der Waals surface area (Å²) in [7, 11) is -4.76. The van der Waals surface area contributed by atoms with Gasteiger partial charge < -0.3 is 19.3 Å². The van der Waals surface area contributed by atoms with E-state index in [1.165, 1.54) is 270 Å². The summed E-state index contributed by atoms with van der Waals surface area (Å²) in [5, 5.41) is 0. The zero-order chi connectivity index (χ0) is 48.1.